The summed E-state index contributed by atoms with van der Waals surface area (Å²) in [5.41, 5.74) is 20.7. The third-order valence-electron chi connectivity index (χ3n) is 11.7. The highest BCUT2D eigenvalue weighted by molar-refractivity contribution is 7.01. The average Bonchev–Trinajstić information content (AvgIpc) is 3.30. The first-order valence-corrected chi connectivity index (χ1v) is 19.7. The zero-order valence-electron chi connectivity index (χ0n) is 31.3. The van der Waals surface area contributed by atoms with Crippen LogP contribution >= 0.6 is 0 Å². The van der Waals surface area contributed by atoms with Crippen LogP contribution in [0, 0.1) is 0 Å². The summed E-state index contributed by atoms with van der Waals surface area (Å²) in [5.74, 6) is 0. The molecule has 0 saturated carbocycles. The van der Waals surface area contributed by atoms with E-state index in [1.54, 1.807) is 0 Å². The monoisotopic (exact) mass is 724 g/mol. The van der Waals surface area contributed by atoms with Crippen molar-refractivity contribution in [1.29, 1.82) is 0 Å². The molecular formula is C54H37BN2. The SMILES string of the molecule is c1ccc(-c2ccc(N3c4cccc(-c5ccccc5)c4B4c5cccc(-c6ccccc6)c5N(c5cccc(-c6ccccc6)c5)c5cccc3c54)cc2)cc1. The summed E-state index contributed by atoms with van der Waals surface area (Å²) in [6.45, 7) is -0.0188. The van der Waals surface area contributed by atoms with E-state index in [1.165, 1.54) is 83.6 Å². The van der Waals surface area contributed by atoms with Crippen LogP contribution in [0.2, 0.25) is 0 Å². The van der Waals surface area contributed by atoms with E-state index in [0.717, 1.165) is 11.4 Å². The Hall–Kier alpha value is -7.36. The van der Waals surface area contributed by atoms with Crippen molar-refractivity contribution in [1.82, 2.24) is 0 Å². The van der Waals surface area contributed by atoms with Crippen molar-refractivity contribution in [3.05, 3.63) is 224 Å². The highest BCUT2D eigenvalue weighted by atomic mass is 15.2. The van der Waals surface area contributed by atoms with Crippen LogP contribution in [0.5, 0.6) is 0 Å². The number of para-hydroxylation sites is 1. The van der Waals surface area contributed by atoms with Gasteiger partial charge < -0.3 is 9.80 Å². The van der Waals surface area contributed by atoms with Crippen molar-refractivity contribution in [2.75, 3.05) is 9.80 Å². The van der Waals surface area contributed by atoms with Gasteiger partial charge in [-0.15, -0.1) is 0 Å². The van der Waals surface area contributed by atoms with Gasteiger partial charge in [-0.2, -0.15) is 0 Å². The Kier molecular flexibility index (Phi) is 7.96. The van der Waals surface area contributed by atoms with E-state index >= 15 is 0 Å². The Morgan fingerprint density at radius 1 is 0.281 bits per heavy atom. The van der Waals surface area contributed by atoms with E-state index in [0.29, 0.717) is 0 Å². The minimum atomic E-state index is -0.0188. The van der Waals surface area contributed by atoms with E-state index in [2.05, 4.69) is 234 Å². The Morgan fingerprint density at radius 2 is 0.737 bits per heavy atom. The molecule has 0 aromatic heterocycles. The molecule has 0 spiro atoms. The molecule has 0 bridgehead atoms. The molecular weight excluding hydrogens is 687 g/mol. The van der Waals surface area contributed by atoms with Crippen molar-refractivity contribution in [3.8, 4) is 44.5 Å². The molecule has 0 atom stereocenters. The zero-order valence-corrected chi connectivity index (χ0v) is 31.3. The van der Waals surface area contributed by atoms with Crippen LogP contribution in [-0.4, -0.2) is 6.71 Å². The lowest BCUT2D eigenvalue weighted by Crippen LogP contribution is -2.62. The van der Waals surface area contributed by atoms with Crippen molar-refractivity contribution >= 4 is 57.2 Å². The van der Waals surface area contributed by atoms with Crippen LogP contribution in [-0.2, 0) is 0 Å². The lowest BCUT2D eigenvalue weighted by Gasteiger charge is -2.45. The van der Waals surface area contributed by atoms with Gasteiger partial charge in [0, 0.05) is 39.7 Å². The number of hydrogen-bond donors (Lipinski definition) is 0. The Bertz CT molecular complexity index is 2890. The van der Waals surface area contributed by atoms with E-state index in [4.69, 9.17) is 0 Å². The van der Waals surface area contributed by atoms with Crippen LogP contribution in [0.1, 0.15) is 0 Å². The van der Waals surface area contributed by atoms with Crippen molar-refractivity contribution in [2.45, 2.75) is 0 Å². The van der Waals surface area contributed by atoms with Gasteiger partial charge in [-0.1, -0.05) is 182 Å². The standard InChI is InChI=1S/C54H37BN2/c1-5-17-38(18-6-1)40-33-35-44(36-34-40)56-49-30-15-27-46(41-21-9-3-10-22-41)52(49)55-48-29-14-28-47(42-23-11-4-12-24-42)54(48)57(51-32-16-31-50(56)53(51)55)45-26-13-25-43(37-45)39-19-7-2-8-20-39/h1-37H. The maximum Gasteiger partial charge on any atom is 0.252 e. The smallest absolute Gasteiger partial charge is 0.252 e. The molecule has 0 radical (unpaired) electrons. The first kappa shape index (κ1) is 33.0. The Morgan fingerprint density at radius 3 is 1.39 bits per heavy atom. The summed E-state index contributed by atoms with van der Waals surface area (Å²) in [4.78, 5) is 5.03. The van der Waals surface area contributed by atoms with Crippen molar-refractivity contribution < 1.29 is 0 Å². The largest absolute Gasteiger partial charge is 0.311 e. The fraction of sp³-hybridized carbons (Fsp3) is 0. The molecule has 2 aliphatic heterocycles. The molecule has 2 heterocycles. The molecule has 0 aliphatic carbocycles. The summed E-state index contributed by atoms with van der Waals surface area (Å²) >= 11 is 0. The van der Waals surface area contributed by atoms with Gasteiger partial charge in [0.25, 0.3) is 6.71 Å². The molecule has 266 valence electrons. The molecule has 9 aromatic carbocycles. The number of fused-ring (bicyclic) bond motifs is 4. The van der Waals surface area contributed by atoms with Gasteiger partial charge >= 0.3 is 0 Å². The normalized spacial score (nSPS) is 12.5. The topological polar surface area (TPSA) is 6.48 Å². The van der Waals surface area contributed by atoms with Crippen LogP contribution < -0.4 is 26.2 Å². The zero-order chi connectivity index (χ0) is 37.7. The first-order chi connectivity index (χ1) is 28.3. The molecule has 11 rings (SSSR count). The lowest BCUT2D eigenvalue weighted by molar-refractivity contribution is 1.25. The number of anilines is 6. The molecule has 0 unspecified atom stereocenters. The third-order valence-corrected chi connectivity index (χ3v) is 11.7. The van der Waals surface area contributed by atoms with Crippen molar-refractivity contribution in [3.63, 3.8) is 0 Å². The predicted octanol–water partition coefficient (Wildman–Crippen LogP) is 12.4. The first-order valence-electron chi connectivity index (χ1n) is 19.7. The molecule has 0 amide bonds. The van der Waals surface area contributed by atoms with Crippen LogP contribution in [0.3, 0.4) is 0 Å². The molecule has 0 saturated heterocycles. The Labute approximate surface area is 334 Å². The summed E-state index contributed by atoms with van der Waals surface area (Å²) in [6, 6.07) is 82.0. The molecule has 0 N–H and O–H groups in total. The maximum absolute atomic E-state index is 2.53. The highest BCUT2D eigenvalue weighted by Gasteiger charge is 2.45. The minimum absolute atomic E-state index is 0.0188. The van der Waals surface area contributed by atoms with Gasteiger partial charge in [-0.05, 0) is 97.8 Å². The van der Waals surface area contributed by atoms with Crippen LogP contribution in [0.25, 0.3) is 44.5 Å². The summed E-state index contributed by atoms with van der Waals surface area (Å²) in [6.07, 6.45) is 0. The van der Waals surface area contributed by atoms with E-state index in [-0.39, 0.29) is 6.71 Å². The lowest BCUT2D eigenvalue weighted by atomic mass is 9.32. The van der Waals surface area contributed by atoms with Gasteiger partial charge in [0.1, 0.15) is 0 Å². The van der Waals surface area contributed by atoms with Gasteiger partial charge in [-0.3, -0.25) is 0 Å². The van der Waals surface area contributed by atoms with Crippen molar-refractivity contribution in [2.24, 2.45) is 0 Å². The molecule has 9 aromatic rings. The van der Waals surface area contributed by atoms with Gasteiger partial charge in [0.2, 0.25) is 0 Å². The second kappa shape index (κ2) is 13.7. The summed E-state index contributed by atoms with van der Waals surface area (Å²) in [5, 5.41) is 0. The minimum Gasteiger partial charge on any atom is -0.311 e. The quantitative estimate of drug-likeness (QED) is 0.158. The molecule has 3 heteroatoms. The maximum atomic E-state index is 2.53. The molecule has 0 fully saturated rings. The summed E-state index contributed by atoms with van der Waals surface area (Å²) < 4.78 is 0. The fourth-order valence-electron chi connectivity index (χ4n) is 9.18. The third kappa shape index (κ3) is 5.51. The second-order valence-electron chi connectivity index (χ2n) is 14.9. The van der Waals surface area contributed by atoms with Gasteiger partial charge in [0.05, 0.1) is 0 Å². The molecule has 2 aliphatic rings. The fourth-order valence-corrected chi connectivity index (χ4v) is 9.18. The number of rotatable bonds is 6. The summed E-state index contributed by atoms with van der Waals surface area (Å²) in [7, 11) is 0. The van der Waals surface area contributed by atoms with Crippen LogP contribution in [0.4, 0.5) is 34.1 Å². The predicted molar refractivity (Wildman–Crippen MR) is 242 cm³/mol. The van der Waals surface area contributed by atoms with E-state index in [1.807, 2.05) is 0 Å². The second-order valence-corrected chi connectivity index (χ2v) is 14.9. The number of benzene rings is 9. The van der Waals surface area contributed by atoms with E-state index in [9.17, 15) is 0 Å². The highest BCUT2D eigenvalue weighted by Crippen LogP contribution is 2.48. The number of hydrogen-bond acceptors (Lipinski definition) is 2. The van der Waals surface area contributed by atoms with Gasteiger partial charge in [-0.25, -0.2) is 0 Å². The average molecular weight is 725 g/mol. The van der Waals surface area contributed by atoms with Crippen LogP contribution in [0.15, 0.2) is 224 Å². The number of nitrogens with zero attached hydrogens (tertiary/aromatic N) is 2. The molecule has 57 heavy (non-hydrogen) atoms. The van der Waals surface area contributed by atoms with Gasteiger partial charge in [0.15, 0.2) is 0 Å². The Balaban J connectivity index is 1.21. The van der Waals surface area contributed by atoms with E-state index < -0.39 is 0 Å². The molecule has 2 nitrogen and oxygen atoms in total.